The number of hydrogen-bond acceptors (Lipinski definition) is 0. The Bertz CT molecular complexity index is 486. The van der Waals surface area contributed by atoms with Crippen LogP contribution in [0.3, 0.4) is 0 Å². The lowest BCUT2D eigenvalue weighted by Gasteiger charge is -2.04. The van der Waals surface area contributed by atoms with Gasteiger partial charge in [-0.25, -0.2) is 0 Å². The van der Waals surface area contributed by atoms with Gasteiger partial charge in [0.1, 0.15) is 8.80 Å². The monoisotopic (exact) mass is 210 g/mol. The smallest absolute Gasteiger partial charge is 0.102 e. The zero-order valence-electron chi connectivity index (χ0n) is 9.12. The lowest BCUT2D eigenvalue weighted by Crippen LogP contribution is -2.25. The third-order valence-corrected chi connectivity index (χ3v) is 5.79. The van der Waals surface area contributed by atoms with E-state index < -0.39 is 8.80 Å². The number of hydrogen-bond donors (Lipinski definition) is 0. The van der Waals surface area contributed by atoms with E-state index >= 15 is 0 Å². The van der Waals surface area contributed by atoms with Crippen molar-refractivity contribution in [1.82, 2.24) is 0 Å². The molecule has 1 aliphatic heterocycles. The van der Waals surface area contributed by atoms with Gasteiger partial charge >= 0.3 is 0 Å². The Kier molecular flexibility index (Phi) is 2.62. The van der Waals surface area contributed by atoms with E-state index in [9.17, 15) is 0 Å². The van der Waals surface area contributed by atoms with Gasteiger partial charge in [-0.3, -0.25) is 0 Å². The SMILES string of the molecule is C#CC1=C(C=CC)[SiH](C)c2ccccc21. The maximum Gasteiger partial charge on any atom is 0.102 e. The molecular formula is C14H14Si. The summed E-state index contributed by atoms with van der Waals surface area (Å²) in [4.78, 5) is 0. The van der Waals surface area contributed by atoms with E-state index in [0.717, 1.165) is 5.57 Å². The predicted molar refractivity (Wildman–Crippen MR) is 69.7 cm³/mol. The molecule has 0 saturated carbocycles. The van der Waals surface area contributed by atoms with Crippen molar-refractivity contribution in [2.75, 3.05) is 0 Å². The summed E-state index contributed by atoms with van der Waals surface area (Å²) >= 11 is 0. The van der Waals surface area contributed by atoms with Crippen LogP contribution in [-0.4, -0.2) is 8.80 Å². The number of allylic oxidation sites excluding steroid dienone is 4. The zero-order chi connectivity index (χ0) is 10.8. The van der Waals surface area contributed by atoms with Gasteiger partial charge in [0.25, 0.3) is 0 Å². The van der Waals surface area contributed by atoms with Gasteiger partial charge in [0, 0.05) is 5.57 Å². The quantitative estimate of drug-likeness (QED) is 0.493. The van der Waals surface area contributed by atoms with E-state index in [-0.39, 0.29) is 0 Å². The second kappa shape index (κ2) is 3.92. The Balaban J connectivity index is 2.65. The van der Waals surface area contributed by atoms with E-state index in [1.54, 1.807) is 0 Å². The maximum atomic E-state index is 5.61. The number of rotatable bonds is 1. The number of fused-ring (bicyclic) bond motifs is 1. The van der Waals surface area contributed by atoms with Crippen LogP contribution in [0, 0.1) is 12.3 Å². The van der Waals surface area contributed by atoms with Crippen LogP contribution in [0.4, 0.5) is 0 Å². The van der Waals surface area contributed by atoms with Crippen molar-refractivity contribution in [3.63, 3.8) is 0 Å². The molecule has 0 radical (unpaired) electrons. The maximum absolute atomic E-state index is 5.61. The van der Waals surface area contributed by atoms with Crippen molar-refractivity contribution in [2.24, 2.45) is 0 Å². The molecule has 1 unspecified atom stereocenters. The third kappa shape index (κ3) is 1.47. The molecule has 1 heteroatoms. The molecule has 15 heavy (non-hydrogen) atoms. The molecule has 74 valence electrons. The van der Waals surface area contributed by atoms with Crippen LogP contribution in [-0.2, 0) is 0 Å². The van der Waals surface area contributed by atoms with Gasteiger partial charge in [-0.05, 0) is 22.9 Å². The fourth-order valence-electron chi connectivity index (χ4n) is 2.21. The van der Waals surface area contributed by atoms with Gasteiger partial charge in [-0.2, -0.15) is 0 Å². The average molecular weight is 210 g/mol. The molecule has 1 heterocycles. The van der Waals surface area contributed by atoms with Crippen LogP contribution < -0.4 is 5.19 Å². The van der Waals surface area contributed by atoms with Gasteiger partial charge in [0.2, 0.25) is 0 Å². The van der Waals surface area contributed by atoms with Gasteiger partial charge in [-0.15, -0.1) is 6.42 Å². The van der Waals surface area contributed by atoms with Crippen LogP contribution in [0.2, 0.25) is 6.55 Å². The molecule has 0 N–H and O–H groups in total. The first-order chi connectivity index (χ1) is 7.29. The molecule has 0 bridgehead atoms. The first-order valence-corrected chi connectivity index (χ1v) is 7.53. The van der Waals surface area contributed by atoms with Crippen molar-refractivity contribution in [1.29, 1.82) is 0 Å². The Labute approximate surface area is 92.9 Å². The Morgan fingerprint density at radius 3 is 2.73 bits per heavy atom. The fourth-order valence-corrected chi connectivity index (χ4v) is 4.81. The van der Waals surface area contributed by atoms with Crippen LogP contribution >= 0.6 is 0 Å². The van der Waals surface area contributed by atoms with Crippen molar-refractivity contribution < 1.29 is 0 Å². The normalized spacial score (nSPS) is 19.4. The van der Waals surface area contributed by atoms with Gasteiger partial charge in [0.15, 0.2) is 0 Å². The Morgan fingerprint density at radius 1 is 1.33 bits per heavy atom. The second-order valence-electron chi connectivity index (χ2n) is 3.78. The lowest BCUT2D eigenvalue weighted by atomic mass is 10.1. The zero-order valence-corrected chi connectivity index (χ0v) is 10.3. The summed E-state index contributed by atoms with van der Waals surface area (Å²) in [5.74, 6) is 2.85. The van der Waals surface area contributed by atoms with Gasteiger partial charge in [0.05, 0.1) is 0 Å². The molecule has 1 aromatic carbocycles. The fraction of sp³-hybridized carbons (Fsp3) is 0.143. The molecule has 0 amide bonds. The molecule has 0 saturated heterocycles. The summed E-state index contributed by atoms with van der Waals surface area (Å²) in [6, 6.07) is 8.54. The lowest BCUT2D eigenvalue weighted by molar-refractivity contribution is 1.69. The topological polar surface area (TPSA) is 0 Å². The molecule has 1 atom stereocenters. The van der Waals surface area contributed by atoms with E-state index in [2.05, 4.69) is 48.9 Å². The molecule has 0 fully saturated rings. The highest BCUT2D eigenvalue weighted by atomic mass is 28.3. The molecule has 1 aromatic rings. The summed E-state index contributed by atoms with van der Waals surface area (Å²) in [5.41, 5.74) is 2.40. The summed E-state index contributed by atoms with van der Waals surface area (Å²) in [5, 5.41) is 2.89. The summed E-state index contributed by atoms with van der Waals surface area (Å²) in [7, 11) is -1.00. The minimum absolute atomic E-state index is 1.00. The van der Waals surface area contributed by atoms with Crippen molar-refractivity contribution in [3.05, 3.63) is 47.2 Å². The Morgan fingerprint density at radius 2 is 2.07 bits per heavy atom. The number of terminal acetylenes is 1. The molecule has 0 aliphatic carbocycles. The second-order valence-corrected chi connectivity index (χ2v) is 6.47. The Hall–Kier alpha value is -1.52. The minimum Gasteiger partial charge on any atom is -0.115 e. The minimum atomic E-state index is -1.00. The predicted octanol–water partition coefficient (Wildman–Crippen LogP) is 2.27. The van der Waals surface area contributed by atoms with Crippen molar-refractivity contribution in [2.45, 2.75) is 13.5 Å². The highest BCUT2D eigenvalue weighted by Crippen LogP contribution is 2.26. The van der Waals surface area contributed by atoms with Gasteiger partial charge < -0.3 is 0 Å². The molecule has 0 aromatic heterocycles. The summed E-state index contributed by atoms with van der Waals surface area (Å²) in [6.07, 6.45) is 9.88. The first-order valence-electron chi connectivity index (χ1n) is 5.22. The van der Waals surface area contributed by atoms with Crippen LogP contribution in [0.5, 0.6) is 0 Å². The molecule has 0 nitrogen and oxygen atoms in total. The summed E-state index contributed by atoms with van der Waals surface area (Å²) < 4.78 is 0. The third-order valence-electron chi connectivity index (χ3n) is 2.94. The molecule has 0 spiro atoms. The molecule has 1 aliphatic rings. The van der Waals surface area contributed by atoms with E-state index in [1.807, 2.05) is 6.92 Å². The first kappa shape index (κ1) is 10.0. The molecular weight excluding hydrogens is 196 g/mol. The van der Waals surface area contributed by atoms with E-state index in [4.69, 9.17) is 6.42 Å². The van der Waals surface area contributed by atoms with E-state index in [1.165, 1.54) is 15.9 Å². The summed E-state index contributed by atoms with van der Waals surface area (Å²) in [6.45, 7) is 4.39. The highest BCUT2D eigenvalue weighted by Gasteiger charge is 2.25. The van der Waals surface area contributed by atoms with Crippen LogP contribution in [0.25, 0.3) is 5.57 Å². The van der Waals surface area contributed by atoms with Crippen molar-refractivity contribution >= 4 is 19.6 Å². The van der Waals surface area contributed by atoms with Gasteiger partial charge in [-0.1, -0.05) is 48.9 Å². The largest absolute Gasteiger partial charge is 0.115 e. The molecule has 2 rings (SSSR count). The number of benzene rings is 1. The van der Waals surface area contributed by atoms with Crippen molar-refractivity contribution in [3.8, 4) is 12.3 Å². The highest BCUT2D eigenvalue weighted by molar-refractivity contribution is 6.83. The van der Waals surface area contributed by atoms with Crippen LogP contribution in [0.15, 0.2) is 41.6 Å². The standard InChI is InChI=1S/C14H14Si/c1-4-8-13-11(5-2)12-9-6-7-10-14(12)15(13)3/h2,4,6-10,15H,1,3H3. The average Bonchev–Trinajstić information content (AvgIpc) is 2.54. The van der Waals surface area contributed by atoms with Crippen LogP contribution in [0.1, 0.15) is 12.5 Å². The van der Waals surface area contributed by atoms with E-state index in [0.29, 0.717) is 0 Å².